The maximum atomic E-state index is 14.0. The summed E-state index contributed by atoms with van der Waals surface area (Å²) >= 11 is 0. The van der Waals surface area contributed by atoms with E-state index < -0.39 is 5.97 Å². The number of hydrogen-bond donors (Lipinski definition) is 2. The van der Waals surface area contributed by atoms with Gasteiger partial charge in [0.1, 0.15) is 11.5 Å². The van der Waals surface area contributed by atoms with Gasteiger partial charge in [0.05, 0.1) is 11.3 Å². The third-order valence-electron chi connectivity index (χ3n) is 5.27. The second-order valence-electron chi connectivity index (χ2n) is 6.96. The van der Waals surface area contributed by atoms with Crippen LogP contribution in [-0.2, 0) is 6.54 Å². The zero-order chi connectivity index (χ0) is 19.4. The fourth-order valence-corrected chi connectivity index (χ4v) is 3.97. The van der Waals surface area contributed by atoms with Crippen LogP contribution >= 0.6 is 0 Å². The lowest BCUT2D eigenvalue weighted by atomic mass is 9.99. The third-order valence-corrected chi connectivity index (χ3v) is 5.27. The van der Waals surface area contributed by atoms with Gasteiger partial charge in [-0.1, -0.05) is 12.1 Å². The Balaban J connectivity index is 1.78. The number of nitrogens with zero attached hydrogens (tertiary/aromatic N) is 2. The Morgan fingerprint density at radius 3 is 2.68 bits per heavy atom. The van der Waals surface area contributed by atoms with Crippen LogP contribution in [0.2, 0.25) is 0 Å². The lowest BCUT2D eigenvalue weighted by Gasteiger charge is -2.20. The molecule has 4 aromatic rings. The molecule has 0 atom stereocenters. The molecule has 2 N–H and O–H groups in total. The summed E-state index contributed by atoms with van der Waals surface area (Å²) in [7, 11) is 1.98. The highest BCUT2D eigenvalue weighted by Gasteiger charge is 2.25. The third kappa shape index (κ3) is 2.38. The number of aromatic amines is 1. The van der Waals surface area contributed by atoms with Crippen LogP contribution in [0, 0.1) is 5.82 Å². The highest BCUT2D eigenvalue weighted by molar-refractivity contribution is 6.03. The molecular weight excluding hydrogens is 357 g/mol. The summed E-state index contributed by atoms with van der Waals surface area (Å²) in [6.07, 6.45) is 1.72. The van der Waals surface area contributed by atoms with E-state index >= 15 is 0 Å². The van der Waals surface area contributed by atoms with Crippen LogP contribution in [0.1, 0.15) is 15.9 Å². The van der Waals surface area contributed by atoms with E-state index in [0.717, 1.165) is 44.7 Å². The zero-order valence-electron chi connectivity index (χ0n) is 15.0. The number of aromatic nitrogens is 2. The number of aromatic carboxylic acids is 1. The lowest BCUT2D eigenvalue weighted by Crippen LogP contribution is -2.16. The van der Waals surface area contributed by atoms with Crippen LogP contribution in [0.4, 0.5) is 10.1 Å². The Morgan fingerprint density at radius 1 is 1.14 bits per heavy atom. The topological polar surface area (TPSA) is 69.2 Å². The number of halogens is 1. The summed E-state index contributed by atoms with van der Waals surface area (Å²) < 4.78 is 14.0. The molecule has 5 rings (SSSR count). The van der Waals surface area contributed by atoms with Gasteiger partial charge in [-0.05, 0) is 47.5 Å². The van der Waals surface area contributed by atoms with E-state index in [1.165, 1.54) is 6.07 Å². The number of hydrogen-bond acceptors (Lipinski definition) is 3. The first-order chi connectivity index (χ1) is 13.5. The Labute approximate surface area is 160 Å². The van der Waals surface area contributed by atoms with Gasteiger partial charge in [-0.3, -0.25) is 0 Å². The van der Waals surface area contributed by atoms with E-state index in [2.05, 4.69) is 14.9 Å². The summed E-state index contributed by atoms with van der Waals surface area (Å²) in [5, 5.41) is 10.1. The van der Waals surface area contributed by atoms with Gasteiger partial charge in [0.2, 0.25) is 0 Å². The molecule has 0 fully saturated rings. The molecule has 2 aromatic heterocycles. The van der Waals surface area contributed by atoms with Gasteiger partial charge in [0, 0.05) is 42.0 Å². The molecule has 0 radical (unpaired) electrons. The molecule has 0 aliphatic carbocycles. The minimum Gasteiger partial charge on any atom is -0.478 e. The SMILES string of the molecule is CN1Cc2c(-c3ccc(C(=O)O)cc3)[nH]c3nccc(c23)-c2cc(F)ccc21. The van der Waals surface area contributed by atoms with Crippen molar-refractivity contribution in [2.45, 2.75) is 6.54 Å². The molecule has 0 amide bonds. The minimum atomic E-state index is -0.956. The molecule has 0 spiro atoms. The van der Waals surface area contributed by atoms with Crippen molar-refractivity contribution < 1.29 is 14.3 Å². The fourth-order valence-electron chi connectivity index (χ4n) is 3.97. The number of carboxylic acid groups (broad SMARTS) is 1. The van der Waals surface area contributed by atoms with Crippen molar-refractivity contribution in [1.29, 1.82) is 0 Å². The molecule has 0 saturated carbocycles. The molecule has 0 unspecified atom stereocenters. The van der Waals surface area contributed by atoms with E-state index in [1.807, 2.05) is 13.1 Å². The number of pyridine rings is 1. The largest absolute Gasteiger partial charge is 0.478 e. The number of fused-ring (bicyclic) bond motifs is 2. The van der Waals surface area contributed by atoms with Crippen LogP contribution in [0.3, 0.4) is 0 Å². The predicted octanol–water partition coefficient (Wildman–Crippen LogP) is 4.68. The first kappa shape index (κ1) is 16.5. The van der Waals surface area contributed by atoms with Gasteiger partial charge in [-0.25, -0.2) is 14.2 Å². The van der Waals surface area contributed by atoms with Crippen LogP contribution in [-0.4, -0.2) is 28.1 Å². The van der Waals surface area contributed by atoms with Gasteiger partial charge in [0.25, 0.3) is 0 Å². The smallest absolute Gasteiger partial charge is 0.335 e. The predicted molar refractivity (Wildman–Crippen MR) is 106 cm³/mol. The second-order valence-corrected chi connectivity index (χ2v) is 6.96. The van der Waals surface area contributed by atoms with Crippen LogP contribution < -0.4 is 4.90 Å². The van der Waals surface area contributed by atoms with E-state index in [-0.39, 0.29) is 11.4 Å². The average Bonchev–Trinajstić information content (AvgIpc) is 3.00. The molecule has 6 heteroatoms. The van der Waals surface area contributed by atoms with Crippen molar-refractivity contribution in [3.63, 3.8) is 0 Å². The van der Waals surface area contributed by atoms with Crippen LogP contribution in [0.25, 0.3) is 33.4 Å². The molecule has 1 aliphatic rings. The van der Waals surface area contributed by atoms with E-state index in [0.29, 0.717) is 6.54 Å². The molecule has 0 saturated heterocycles. The average molecular weight is 373 g/mol. The molecule has 138 valence electrons. The van der Waals surface area contributed by atoms with E-state index in [4.69, 9.17) is 5.11 Å². The van der Waals surface area contributed by atoms with Crippen molar-refractivity contribution in [2.24, 2.45) is 0 Å². The van der Waals surface area contributed by atoms with Gasteiger partial charge >= 0.3 is 5.97 Å². The van der Waals surface area contributed by atoms with Crippen molar-refractivity contribution in [2.75, 3.05) is 11.9 Å². The first-order valence-corrected chi connectivity index (χ1v) is 8.87. The van der Waals surface area contributed by atoms with Crippen molar-refractivity contribution in [3.8, 4) is 22.4 Å². The van der Waals surface area contributed by atoms with Crippen molar-refractivity contribution >= 4 is 22.7 Å². The lowest BCUT2D eigenvalue weighted by molar-refractivity contribution is 0.0697. The molecule has 1 aliphatic heterocycles. The normalized spacial score (nSPS) is 12.7. The molecule has 28 heavy (non-hydrogen) atoms. The standard InChI is InChI=1S/C22H16FN3O2/c1-26-11-17-19-15(16-10-14(23)6-7-18(16)26)8-9-24-21(19)25-20(17)12-2-4-13(5-3-12)22(27)28/h2-10H,11H2,1H3,(H,24,25)(H,27,28). The summed E-state index contributed by atoms with van der Waals surface area (Å²) in [5.41, 5.74) is 6.53. The maximum Gasteiger partial charge on any atom is 0.335 e. The number of nitrogens with one attached hydrogen (secondary N) is 1. The quantitative estimate of drug-likeness (QED) is 0.535. The van der Waals surface area contributed by atoms with Crippen molar-refractivity contribution in [3.05, 3.63) is 71.7 Å². The summed E-state index contributed by atoms with van der Waals surface area (Å²) in [4.78, 5) is 21.1. The number of carboxylic acids is 1. The van der Waals surface area contributed by atoms with Crippen LogP contribution in [0.5, 0.6) is 0 Å². The zero-order valence-corrected chi connectivity index (χ0v) is 15.0. The van der Waals surface area contributed by atoms with E-state index in [9.17, 15) is 9.18 Å². The molecule has 2 aromatic carbocycles. The van der Waals surface area contributed by atoms with Gasteiger partial charge in [-0.2, -0.15) is 0 Å². The van der Waals surface area contributed by atoms with Crippen LogP contribution in [0.15, 0.2) is 54.7 Å². The fraction of sp³-hybridized carbons (Fsp3) is 0.0909. The Kier molecular flexibility index (Phi) is 3.49. The molecule has 0 bridgehead atoms. The molecule has 3 heterocycles. The van der Waals surface area contributed by atoms with Crippen molar-refractivity contribution in [1.82, 2.24) is 9.97 Å². The number of carbonyl (C=O) groups is 1. The summed E-state index contributed by atoms with van der Waals surface area (Å²) in [5.74, 6) is -1.23. The van der Waals surface area contributed by atoms with Gasteiger partial charge in [-0.15, -0.1) is 0 Å². The monoisotopic (exact) mass is 373 g/mol. The maximum absolute atomic E-state index is 14.0. The first-order valence-electron chi connectivity index (χ1n) is 8.87. The molecule has 5 nitrogen and oxygen atoms in total. The number of rotatable bonds is 2. The second kappa shape index (κ2) is 5.92. The summed E-state index contributed by atoms with van der Waals surface area (Å²) in [6, 6.07) is 13.5. The highest BCUT2D eigenvalue weighted by Crippen LogP contribution is 2.43. The van der Waals surface area contributed by atoms with E-state index in [1.54, 1.807) is 42.6 Å². The van der Waals surface area contributed by atoms with Gasteiger partial charge < -0.3 is 15.0 Å². The minimum absolute atomic E-state index is 0.240. The number of H-pyrrole nitrogens is 1. The Morgan fingerprint density at radius 2 is 1.93 bits per heavy atom. The highest BCUT2D eigenvalue weighted by atomic mass is 19.1. The Hall–Kier alpha value is -3.67. The molecular formula is C22H16FN3O2. The summed E-state index contributed by atoms with van der Waals surface area (Å²) in [6.45, 7) is 0.618. The van der Waals surface area contributed by atoms with Gasteiger partial charge in [0.15, 0.2) is 0 Å². The Bertz CT molecular complexity index is 1240. The number of anilines is 1. The number of benzene rings is 2.